The zero-order valence-corrected chi connectivity index (χ0v) is 12.4. The highest BCUT2D eigenvalue weighted by Crippen LogP contribution is 2.40. The summed E-state index contributed by atoms with van der Waals surface area (Å²) in [6.45, 7) is 4.25. The predicted molar refractivity (Wildman–Crippen MR) is 72.2 cm³/mol. The maximum absolute atomic E-state index is 11.6. The van der Waals surface area contributed by atoms with Gasteiger partial charge in [-0.3, -0.25) is 4.57 Å². The number of hydrogen-bond acceptors (Lipinski definition) is 4. The second kappa shape index (κ2) is 5.58. The van der Waals surface area contributed by atoms with Crippen molar-refractivity contribution in [1.82, 2.24) is 14.8 Å². The number of rotatable bonds is 7. The Morgan fingerprint density at radius 1 is 1.37 bits per heavy atom. The number of nitrogens with two attached hydrogens (primary N) is 1. The van der Waals surface area contributed by atoms with Crippen molar-refractivity contribution in [2.75, 3.05) is 0 Å². The summed E-state index contributed by atoms with van der Waals surface area (Å²) in [4.78, 5) is 0. The Balaban J connectivity index is 2.37. The van der Waals surface area contributed by atoms with E-state index >= 15 is 0 Å². The average molecular weight is 286 g/mol. The monoisotopic (exact) mass is 286 g/mol. The van der Waals surface area contributed by atoms with Crippen LogP contribution in [0.25, 0.3) is 0 Å². The summed E-state index contributed by atoms with van der Waals surface area (Å²) in [5.41, 5.74) is 0. The Morgan fingerprint density at radius 3 is 2.53 bits per heavy atom. The third-order valence-corrected chi connectivity index (χ3v) is 4.41. The summed E-state index contributed by atoms with van der Waals surface area (Å²) < 4.78 is 24.9. The van der Waals surface area contributed by atoms with Crippen molar-refractivity contribution in [3.8, 4) is 0 Å². The van der Waals surface area contributed by atoms with Crippen LogP contribution in [0.1, 0.15) is 70.2 Å². The molecule has 0 saturated heterocycles. The van der Waals surface area contributed by atoms with Gasteiger partial charge in [0, 0.05) is 12.0 Å². The van der Waals surface area contributed by atoms with Crippen LogP contribution >= 0.6 is 0 Å². The highest BCUT2D eigenvalue weighted by Gasteiger charge is 2.34. The zero-order valence-electron chi connectivity index (χ0n) is 11.5. The fraction of sp³-hybridized carbons (Fsp3) is 0.833. The van der Waals surface area contributed by atoms with Crippen LogP contribution in [0, 0.1) is 0 Å². The molecule has 1 saturated carbocycles. The first-order valence-corrected chi connectivity index (χ1v) is 8.51. The van der Waals surface area contributed by atoms with E-state index in [0.717, 1.165) is 44.3 Å². The number of sulfonamides is 1. The van der Waals surface area contributed by atoms with Crippen molar-refractivity contribution in [3.05, 3.63) is 5.82 Å². The molecule has 0 bridgehead atoms. The number of unbranched alkanes of at least 4 members (excludes halogenated alkanes) is 1. The number of nitrogens with zero attached hydrogens (tertiary/aromatic N) is 3. The second-order valence-corrected chi connectivity index (χ2v) is 6.69. The molecule has 0 radical (unpaired) electrons. The first-order chi connectivity index (χ1) is 8.99. The van der Waals surface area contributed by atoms with Gasteiger partial charge in [0.2, 0.25) is 0 Å². The molecule has 1 fully saturated rings. The van der Waals surface area contributed by atoms with E-state index in [4.69, 9.17) is 5.14 Å². The van der Waals surface area contributed by atoms with E-state index < -0.39 is 10.0 Å². The lowest BCUT2D eigenvalue weighted by Crippen LogP contribution is -2.19. The maximum Gasteiger partial charge on any atom is 0.273 e. The van der Waals surface area contributed by atoms with Crippen LogP contribution in [-0.4, -0.2) is 23.2 Å². The minimum atomic E-state index is -3.79. The fourth-order valence-corrected chi connectivity index (χ4v) is 3.07. The van der Waals surface area contributed by atoms with Gasteiger partial charge in [-0.15, -0.1) is 10.2 Å². The second-order valence-electron chi connectivity index (χ2n) is 5.23. The van der Waals surface area contributed by atoms with Gasteiger partial charge < -0.3 is 0 Å². The van der Waals surface area contributed by atoms with Crippen molar-refractivity contribution in [2.45, 2.75) is 69.5 Å². The summed E-state index contributed by atoms with van der Waals surface area (Å²) >= 11 is 0. The van der Waals surface area contributed by atoms with Crippen LogP contribution in [0.3, 0.4) is 0 Å². The van der Waals surface area contributed by atoms with Crippen molar-refractivity contribution in [2.24, 2.45) is 5.14 Å². The van der Waals surface area contributed by atoms with E-state index in [1.807, 2.05) is 0 Å². The summed E-state index contributed by atoms with van der Waals surface area (Å²) in [5.74, 6) is 1.06. The molecule has 1 aromatic heterocycles. The van der Waals surface area contributed by atoms with Crippen LogP contribution in [0.5, 0.6) is 0 Å². The lowest BCUT2D eigenvalue weighted by Gasteiger charge is -2.15. The van der Waals surface area contributed by atoms with Crippen molar-refractivity contribution in [3.63, 3.8) is 0 Å². The Bertz CT molecular complexity index is 534. The van der Waals surface area contributed by atoms with Crippen LogP contribution in [0.2, 0.25) is 0 Å². The molecule has 0 amide bonds. The predicted octanol–water partition coefficient (Wildman–Crippen LogP) is 1.94. The van der Waals surface area contributed by atoms with Crippen molar-refractivity contribution in [1.29, 1.82) is 0 Å². The molecule has 1 atom stereocenters. The molecule has 0 spiro atoms. The summed E-state index contributed by atoms with van der Waals surface area (Å²) in [7, 11) is -3.79. The maximum atomic E-state index is 11.6. The standard InChI is InChI=1S/C12H22N4O2S/c1-3-5-6-9(4-2)11-14-15-12(19(13,17)18)16(11)10-7-8-10/h9-10H,3-8H2,1-2H3,(H2,13,17,18). The van der Waals surface area contributed by atoms with Gasteiger partial charge in [0.15, 0.2) is 0 Å². The van der Waals surface area contributed by atoms with Crippen molar-refractivity contribution >= 4 is 10.0 Å². The number of primary sulfonamides is 1. The Kier molecular flexibility index (Phi) is 4.25. The number of hydrogen-bond donors (Lipinski definition) is 1. The molecule has 0 aromatic carbocycles. The SMILES string of the molecule is CCCCC(CC)c1nnc(S(N)(=O)=O)n1C1CC1. The molecule has 1 aliphatic carbocycles. The summed E-state index contributed by atoms with van der Waals surface area (Å²) in [6, 6.07) is 0.217. The Morgan fingerprint density at radius 2 is 2.05 bits per heavy atom. The molecular formula is C12H22N4O2S. The van der Waals surface area contributed by atoms with Crippen LogP contribution in [0.4, 0.5) is 0 Å². The van der Waals surface area contributed by atoms with Gasteiger partial charge in [-0.25, -0.2) is 13.6 Å². The molecule has 1 aromatic rings. The van der Waals surface area contributed by atoms with E-state index in [1.165, 1.54) is 0 Å². The lowest BCUT2D eigenvalue weighted by atomic mass is 9.98. The normalized spacial score (nSPS) is 17.6. The van der Waals surface area contributed by atoms with Gasteiger partial charge in [0.25, 0.3) is 15.2 Å². The van der Waals surface area contributed by atoms with Crippen LogP contribution < -0.4 is 5.14 Å². The highest BCUT2D eigenvalue weighted by atomic mass is 32.2. The zero-order chi connectivity index (χ0) is 14.0. The van der Waals surface area contributed by atoms with Gasteiger partial charge in [0.05, 0.1) is 0 Å². The molecule has 19 heavy (non-hydrogen) atoms. The molecule has 1 aliphatic rings. The quantitative estimate of drug-likeness (QED) is 0.829. The third kappa shape index (κ3) is 3.14. The van der Waals surface area contributed by atoms with Gasteiger partial charge in [-0.05, 0) is 25.7 Å². The molecule has 6 nitrogen and oxygen atoms in total. The molecule has 1 unspecified atom stereocenters. The lowest BCUT2D eigenvalue weighted by molar-refractivity contribution is 0.495. The van der Waals surface area contributed by atoms with Crippen LogP contribution in [0.15, 0.2) is 5.16 Å². The topological polar surface area (TPSA) is 90.9 Å². The summed E-state index contributed by atoms with van der Waals surface area (Å²) in [6.07, 6.45) is 6.16. The molecule has 108 valence electrons. The van der Waals surface area contributed by atoms with E-state index in [9.17, 15) is 8.42 Å². The smallest absolute Gasteiger partial charge is 0.273 e. The molecule has 7 heteroatoms. The van der Waals surface area contributed by atoms with Gasteiger partial charge >= 0.3 is 0 Å². The van der Waals surface area contributed by atoms with Gasteiger partial charge in [-0.2, -0.15) is 0 Å². The molecular weight excluding hydrogens is 264 g/mol. The Hall–Kier alpha value is -0.950. The summed E-state index contributed by atoms with van der Waals surface area (Å²) in [5, 5.41) is 13.1. The first-order valence-electron chi connectivity index (χ1n) is 6.96. The largest absolute Gasteiger partial charge is 0.297 e. The third-order valence-electron chi connectivity index (χ3n) is 3.62. The van der Waals surface area contributed by atoms with E-state index in [2.05, 4.69) is 24.0 Å². The van der Waals surface area contributed by atoms with E-state index in [-0.39, 0.29) is 17.1 Å². The Labute approximate surface area is 114 Å². The molecule has 1 heterocycles. The van der Waals surface area contributed by atoms with Gasteiger partial charge in [0.1, 0.15) is 5.82 Å². The van der Waals surface area contributed by atoms with E-state index in [0.29, 0.717) is 0 Å². The van der Waals surface area contributed by atoms with E-state index in [1.54, 1.807) is 4.57 Å². The fourth-order valence-electron chi connectivity index (χ4n) is 2.40. The van der Waals surface area contributed by atoms with Crippen molar-refractivity contribution < 1.29 is 8.42 Å². The highest BCUT2D eigenvalue weighted by molar-refractivity contribution is 7.89. The minimum absolute atomic E-state index is 0.0695. The molecule has 2 N–H and O–H groups in total. The van der Waals surface area contributed by atoms with Gasteiger partial charge in [-0.1, -0.05) is 26.7 Å². The molecule has 0 aliphatic heterocycles. The minimum Gasteiger partial charge on any atom is -0.297 e. The first kappa shape index (κ1) is 14.5. The molecule has 2 rings (SSSR count). The average Bonchev–Trinajstić information content (AvgIpc) is 3.08. The van der Waals surface area contributed by atoms with Crippen LogP contribution in [-0.2, 0) is 10.0 Å². The number of aromatic nitrogens is 3.